The Bertz CT molecular complexity index is 979. The van der Waals surface area contributed by atoms with Gasteiger partial charge in [0.15, 0.2) is 0 Å². The summed E-state index contributed by atoms with van der Waals surface area (Å²) in [6.45, 7) is 4.43. The molecule has 138 valence electrons. The number of hydrogen-bond donors (Lipinski definition) is 0. The van der Waals surface area contributed by atoms with Crippen molar-refractivity contribution in [3.8, 4) is 17.2 Å². The Balaban J connectivity index is 1.65. The van der Waals surface area contributed by atoms with Crippen LogP contribution in [0.15, 0.2) is 54.9 Å². The number of carbonyl (C=O) groups is 1. The van der Waals surface area contributed by atoms with Crippen molar-refractivity contribution in [3.05, 3.63) is 66.0 Å². The monoisotopic (exact) mass is 363 g/mol. The van der Waals surface area contributed by atoms with Crippen LogP contribution in [0.5, 0.6) is 11.5 Å². The van der Waals surface area contributed by atoms with Crippen molar-refractivity contribution < 1.29 is 14.3 Å². The Morgan fingerprint density at radius 3 is 2.67 bits per heavy atom. The molecule has 0 radical (unpaired) electrons. The van der Waals surface area contributed by atoms with Crippen LogP contribution in [-0.2, 0) is 0 Å². The molecule has 0 fully saturated rings. The van der Waals surface area contributed by atoms with Crippen LogP contribution in [0.2, 0.25) is 0 Å². The van der Waals surface area contributed by atoms with Gasteiger partial charge in [0.05, 0.1) is 31.2 Å². The lowest BCUT2D eigenvalue weighted by Gasteiger charge is -2.33. The molecule has 3 aromatic rings. The molecule has 1 amide bonds. The maximum absolute atomic E-state index is 13.2. The molecular formula is C21H21N3O3. The highest BCUT2D eigenvalue weighted by molar-refractivity contribution is 6.07. The number of carbonyl (C=O) groups excluding carboxylic acids is 1. The molecule has 2 heterocycles. The molecule has 27 heavy (non-hydrogen) atoms. The fourth-order valence-corrected chi connectivity index (χ4v) is 3.20. The predicted octanol–water partition coefficient (Wildman–Crippen LogP) is 3.62. The van der Waals surface area contributed by atoms with Crippen molar-refractivity contribution in [2.24, 2.45) is 0 Å². The summed E-state index contributed by atoms with van der Waals surface area (Å²) in [5.74, 6) is 1.31. The fourth-order valence-electron chi connectivity index (χ4n) is 3.20. The van der Waals surface area contributed by atoms with Gasteiger partial charge in [0.2, 0.25) is 0 Å². The Labute approximate surface area is 157 Å². The Kier molecular flexibility index (Phi) is 4.32. The maximum atomic E-state index is 13.2. The SMILES string of the molecule is COc1ccc2c(c1)N(C(=O)c1ccc(-n3cc(C)cn3)cc1)C[C@H](C)O2. The van der Waals surface area contributed by atoms with Crippen LogP contribution in [0.3, 0.4) is 0 Å². The summed E-state index contributed by atoms with van der Waals surface area (Å²) in [6.07, 6.45) is 3.67. The van der Waals surface area contributed by atoms with Crippen LogP contribution in [0.25, 0.3) is 5.69 Å². The van der Waals surface area contributed by atoms with Gasteiger partial charge in [-0.2, -0.15) is 5.10 Å². The molecule has 0 saturated carbocycles. The summed E-state index contributed by atoms with van der Waals surface area (Å²) in [5, 5.41) is 4.30. The topological polar surface area (TPSA) is 56.6 Å². The Morgan fingerprint density at radius 1 is 1.22 bits per heavy atom. The minimum atomic E-state index is -0.0823. The quantitative estimate of drug-likeness (QED) is 0.713. The van der Waals surface area contributed by atoms with E-state index in [1.807, 2.05) is 62.5 Å². The van der Waals surface area contributed by atoms with Gasteiger partial charge in [-0.1, -0.05) is 0 Å². The zero-order valence-electron chi connectivity index (χ0n) is 15.5. The zero-order valence-corrected chi connectivity index (χ0v) is 15.5. The molecule has 2 aromatic carbocycles. The summed E-state index contributed by atoms with van der Waals surface area (Å²) in [5.41, 5.74) is 3.34. The summed E-state index contributed by atoms with van der Waals surface area (Å²) < 4.78 is 13.0. The van der Waals surface area contributed by atoms with Crippen LogP contribution in [0.1, 0.15) is 22.8 Å². The minimum Gasteiger partial charge on any atom is -0.497 e. The Morgan fingerprint density at radius 2 is 2.00 bits per heavy atom. The van der Waals surface area contributed by atoms with Crippen molar-refractivity contribution in [1.82, 2.24) is 9.78 Å². The molecule has 0 unspecified atom stereocenters. The van der Waals surface area contributed by atoms with Gasteiger partial charge < -0.3 is 14.4 Å². The number of rotatable bonds is 3. The molecule has 0 aliphatic carbocycles. The van der Waals surface area contributed by atoms with E-state index in [-0.39, 0.29) is 12.0 Å². The standard InChI is InChI=1S/C21H21N3O3/c1-14-11-22-24(12-14)17-6-4-16(5-7-17)21(25)23-13-15(2)27-20-9-8-18(26-3)10-19(20)23/h4-12,15H,13H2,1-3H3/t15-/m0/s1. The number of aryl methyl sites for hydroxylation is 1. The molecular weight excluding hydrogens is 342 g/mol. The number of anilines is 1. The number of aromatic nitrogens is 2. The second-order valence-electron chi connectivity index (χ2n) is 6.69. The van der Waals surface area contributed by atoms with E-state index in [4.69, 9.17) is 9.47 Å². The molecule has 6 heteroatoms. The van der Waals surface area contributed by atoms with Crippen molar-refractivity contribution in [3.63, 3.8) is 0 Å². The van der Waals surface area contributed by atoms with E-state index in [0.717, 1.165) is 16.9 Å². The van der Waals surface area contributed by atoms with Crippen molar-refractivity contribution in [1.29, 1.82) is 0 Å². The lowest BCUT2D eigenvalue weighted by atomic mass is 10.1. The second-order valence-corrected chi connectivity index (χ2v) is 6.69. The van der Waals surface area contributed by atoms with E-state index in [1.54, 1.807) is 22.9 Å². The number of hydrogen-bond acceptors (Lipinski definition) is 4. The average Bonchev–Trinajstić information content (AvgIpc) is 3.13. The summed E-state index contributed by atoms with van der Waals surface area (Å²) in [4.78, 5) is 14.9. The lowest BCUT2D eigenvalue weighted by Crippen LogP contribution is -2.42. The van der Waals surface area contributed by atoms with Crippen molar-refractivity contribution >= 4 is 11.6 Å². The van der Waals surface area contributed by atoms with Crippen LogP contribution < -0.4 is 14.4 Å². The smallest absolute Gasteiger partial charge is 0.258 e. The molecule has 0 spiro atoms. The van der Waals surface area contributed by atoms with Gasteiger partial charge in [-0.3, -0.25) is 4.79 Å². The van der Waals surface area contributed by atoms with Crippen LogP contribution in [0, 0.1) is 6.92 Å². The maximum Gasteiger partial charge on any atom is 0.258 e. The molecule has 0 saturated heterocycles. The van der Waals surface area contributed by atoms with Crippen LogP contribution in [-0.4, -0.2) is 35.4 Å². The summed E-state index contributed by atoms with van der Waals surface area (Å²) in [6, 6.07) is 13.0. The lowest BCUT2D eigenvalue weighted by molar-refractivity contribution is 0.0961. The highest BCUT2D eigenvalue weighted by atomic mass is 16.5. The second kappa shape index (κ2) is 6.79. The van der Waals surface area contributed by atoms with E-state index >= 15 is 0 Å². The third-order valence-electron chi connectivity index (χ3n) is 4.56. The third-order valence-corrected chi connectivity index (χ3v) is 4.56. The van der Waals surface area contributed by atoms with E-state index in [9.17, 15) is 4.79 Å². The molecule has 0 N–H and O–H groups in total. The number of benzene rings is 2. The largest absolute Gasteiger partial charge is 0.497 e. The molecule has 6 nitrogen and oxygen atoms in total. The molecule has 1 aromatic heterocycles. The van der Waals surface area contributed by atoms with Crippen molar-refractivity contribution in [2.75, 3.05) is 18.6 Å². The third kappa shape index (κ3) is 3.26. The van der Waals surface area contributed by atoms with Gasteiger partial charge in [-0.15, -0.1) is 0 Å². The zero-order chi connectivity index (χ0) is 19.0. The number of nitrogens with zero attached hydrogens (tertiary/aromatic N) is 3. The number of fused-ring (bicyclic) bond motifs is 1. The predicted molar refractivity (Wildman–Crippen MR) is 103 cm³/mol. The molecule has 1 aliphatic heterocycles. The summed E-state index contributed by atoms with van der Waals surface area (Å²) in [7, 11) is 1.61. The average molecular weight is 363 g/mol. The fraction of sp³-hybridized carbons (Fsp3) is 0.238. The number of ether oxygens (including phenoxy) is 2. The van der Waals surface area contributed by atoms with Crippen molar-refractivity contribution in [2.45, 2.75) is 20.0 Å². The first-order valence-corrected chi connectivity index (χ1v) is 8.83. The van der Waals surface area contributed by atoms with Gasteiger partial charge >= 0.3 is 0 Å². The van der Waals surface area contributed by atoms with Gasteiger partial charge in [0.25, 0.3) is 5.91 Å². The molecule has 1 atom stereocenters. The highest BCUT2D eigenvalue weighted by Gasteiger charge is 2.28. The van der Waals surface area contributed by atoms with Gasteiger partial charge in [0, 0.05) is 17.8 Å². The first-order valence-electron chi connectivity index (χ1n) is 8.83. The summed E-state index contributed by atoms with van der Waals surface area (Å²) >= 11 is 0. The van der Waals surface area contributed by atoms with E-state index in [2.05, 4.69) is 5.10 Å². The molecule has 0 bridgehead atoms. The van der Waals surface area contributed by atoms with Crippen LogP contribution >= 0.6 is 0 Å². The first-order chi connectivity index (χ1) is 13.0. The first kappa shape index (κ1) is 17.1. The highest BCUT2D eigenvalue weighted by Crippen LogP contribution is 2.37. The van der Waals surface area contributed by atoms with E-state index in [1.165, 1.54) is 0 Å². The Hall–Kier alpha value is -3.28. The minimum absolute atomic E-state index is 0.0668. The number of amides is 1. The van der Waals surface area contributed by atoms with Crippen LogP contribution in [0.4, 0.5) is 5.69 Å². The van der Waals surface area contributed by atoms with E-state index in [0.29, 0.717) is 23.6 Å². The molecule has 4 rings (SSSR count). The van der Waals surface area contributed by atoms with E-state index < -0.39 is 0 Å². The number of methoxy groups -OCH3 is 1. The van der Waals surface area contributed by atoms with Gasteiger partial charge in [-0.05, 0) is 55.8 Å². The normalized spacial score (nSPS) is 15.8. The van der Waals surface area contributed by atoms with Gasteiger partial charge in [-0.25, -0.2) is 4.68 Å². The molecule has 1 aliphatic rings. The van der Waals surface area contributed by atoms with Gasteiger partial charge in [0.1, 0.15) is 17.6 Å².